The predicted molar refractivity (Wildman–Crippen MR) is 133 cm³/mol. The highest BCUT2D eigenvalue weighted by atomic mass is 32.2. The Balaban J connectivity index is 1.50. The highest BCUT2D eigenvalue weighted by Crippen LogP contribution is 2.25. The van der Waals surface area contributed by atoms with E-state index in [1.165, 1.54) is 10.8 Å². The molecule has 0 aliphatic rings. The second-order valence-electron chi connectivity index (χ2n) is 7.56. The van der Waals surface area contributed by atoms with Gasteiger partial charge in [-0.1, -0.05) is 66.4 Å². The molecular weight excluding hydrogens is 436 g/mol. The Morgan fingerprint density at radius 1 is 1.15 bits per heavy atom. The maximum atomic E-state index is 12.9. The zero-order chi connectivity index (χ0) is 23.4. The Hall–Kier alpha value is -3.91. The summed E-state index contributed by atoms with van der Waals surface area (Å²) in [4.78, 5) is 29.9. The SMILES string of the molecule is C=C(C)Cn1c(SCC(=O)NN=Cc2c(O)ccc3ccccc23)nc2ccccc2c1=O. The smallest absolute Gasteiger partial charge is 0.262 e. The number of hydrazone groups is 1. The number of nitrogens with zero attached hydrogens (tertiary/aromatic N) is 3. The molecule has 3 aromatic carbocycles. The maximum absolute atomic E-state index is 12.9. The van der Waals surface area contributed by atoms with Gasteiger partial charge in [0.2, 0.25) is 0 Å². The Bertz CT molecular complexity index is 1460. The van der Waals surface area contributed by atoms with Gasteiger partial charge in [-0.15, -0.1) is 0 Å². The van der Waals surface area contributed by atoms with Crippen LogP contribution in [-0.4, -0.2) is 32.5 Å². The number of allylic oxidation sites excluding steroid dienone is 1. The van der Waals surface area contributed by atoms with Gasteiger partial charge >= 0.3 is 0 Å². The van der Waals surface area contributed by atoms with E-state index in [0.717, 1.165) is 28.1 Å². The fourth-order valence-electron chi connectivity index (χ4n) is 3.42. The largest absolute Gasteiger partial charge is 0.507 e. The van der Waals surface area contributed by atoms with E-state index in [-0.39, 0.29) is 23.0 Å². The molecule has 1 aromatic heterocycles. The lowest BCUT2D eigenvalue weighted by Crippen LogP contribution is -2.25. The van der Waals surface area contributed by atoms with Crippen molar-refractivity contribution >= 4 is 45.6 Å². The van der Waals surface area contributed by atoms with Crippen molar-refractivity contribution in [1.29, 1.82) is 0 Å². The standard InChI is InChI=1S/C25H22N4O3S/c1-16(2)14-29-24(32)19-9-5-6-10-21(19)27-25(29)33-15-23(31)28-26-13-20-18-8-4-3-7-17(18)11-12-22(20)30/h3-13,30H,1,14-15H2,2H3,(H,28,31). The summed E-state index contributed by atoms with van der Waals surface area (Å²) >= 11 is 1.15. The normalized spacial score (nSPS) is 11.3. The molecule has 0 radical (unpaired) electrons. The van der Waals surface area contributed by atoms with Crippen LogP contribution in [0.5, 0.6) is 5.75 Å². The van der Waals surface area contributed by atoms with Crippen molar-refractivity contribution in [3.63, 3.8) is 0 Å². The Morgan fingerprint density at radius 2 is 1.88 bits per heavy atom. The monoisotopic (exact) mass is 458 g/mol. The van der Waals surface area contributed by atoms with Crippen molar-refractivity contribution in [2.75, 3.05) is 5.75 Å². The molecule has 0 saturated carbocycles. The first kappa shape index (κ1) is 22.3. The lowest BCUT2D eigenvalue weighted by molar-refractivity contribution is -0.118. The van der Waals surface area contributed by atoms with E-state index in [1.807, 2.05) is 43.3 Å². The van der Waals surface area contributed by atoms with E-state index in [4.69, 9.17) is 0 Å². The lowest BCUT2D eigenvalue weighted by Gasteiger charge is -2.12. The van der Waals surface area contributed by atoms with Gasteiger partial charge in [0.25, 0.3) is 11.5 Å². The second kappa shape index (κ2) is 9.70. The van der Waals surface area contributed by atoms with Gasteiger partial charge in [-0.3, -0.25) is 14.2 Å². The molecule has 0 fully saturated rings. The van der Waals surface area contributed by atoms with Crippen molar-refractivity contribution < 1.29 is 9.90 Å². The Labute approximate surface area is 194 Å². The van der Waals surface area contributed by atoms with Crippen LogP contribution in [-0.2, 0) is 11.3 Å². The Morgan fingerprint density at radius 3 is 2.67 bits per heavy atom. The highest BCUT2D eigenvalue weighted by molar-refractivity contribution is 7.99. The van der Waals surface area contributed by atoms with Crippen LogP contribution in [0.3, 0.4) is 0 Å². The fraction of sp³-hybridized carbons (Fsp3) is 0.120. The molecule has 0 spiro atoms. The number of fused-ring (bicyclic) bond motifs is 2. The van der Waals surface area contributed by atoms with Gasteiger partial charge in [0.05, 0.1) is 22.9 Å². The summed E-state index contributed by atoms with van der Waals surface area (Å²) in [5, 5.41) is 16.9. The van der Waals surface area contributed by atoms with Crippen molar-refractivity contribution in [1.82, 2.24) is 15.0 Å². The van der Waals surface area contributed by atoms with Crippen molar-refractivity contribution in [2.45, 2.75) is 18.6 Å². The summed E-state index contributed by atoms with van der Waals surface area (Å²) < 4.78 is 1.53. The number of para-hydroxylation sites is 1. The molecule has 0 atom stereocenters. The number of rotatable bonds is 7. The van der Waals surface area contributed by atoms with Crippen LogP contribution < -0.4 is 11.0 Å². The van der Waals surface area contributed by atoms with Crippen molar-refractivity contribution in [2.24, 2.45) is 5.10 Å². The minimum absolute atomic E-state index is 0.0137. The molecule has 4 aromatic rings. The zero-order valence-electron chi connectivity index (χ0n) is 18.0. The lowest BCUT2D eigenvalue weighted by atomic mass is 10.0. The molecule has 0 unspecified atom stereocenters. The van der Waals surface area contributed by atoms with E-state index in [0.29, 0.717) is 28.2 Å². The van der Waals surface area contributed by atoms with Gasteiger partial charge in [-0.2, -0.15) is 5.10 Å². The van der Waals surface area contributed by atoms with Crippen LogP contribution in [0, 0.1) is 0 Å². The summed E-state index contributed by atoms with van der Waals surface area (Å²) in [5.41, 5.74) is 4.20. The van der Waals surface area contributed by atoms with Gasteiger partial charge in [-0.05, 0) is 35.9 Å². The topological polar surface area (TPSA) is 96.6 Å². The first-order chi connectivity index (χ1) is 15.9. The van der Waals surface area contributed by atoms with Gasteiger partial charge in [0.1, 0.15) is 5.75 Å². The number of phenols is 1. The molecule has 0 saturated heterocycles. The number of amides is 1. The summed E-state index contributed by atoms with van der Waals surface area (Å²) in [6.45, 7) is 6.04. The molecule has 1 heterocycles. The van der Waals surface area contributed by atoms with Gasteiger partial charge in [-0.25, -0.2) is 10.4 Å². The average Bonchev–Trinajstić information content (AvgIpc) is 2.81. The molecule has 7 nitrogen and oxygen atoms in total. The fourth-order valence-corrected chi connectivity index (χ4v) is 4.21. The minimum Gasteiger partial charge on any atom is -0.507 e. The van der Waals surface area contributed by atoms with Crippen LogP contribution in [0.1, 0.15) is 12.5 Å². The van der Waals surface area contributed by atoms with Gasteiger partial charge in [0, 0.05) is 12.1 Å². The molecule has 4 rings (SSSR count). The average molecular weight is 459 g/mol. The number of carbonyl (C=O) groups excluding carboxylic acids is 1. The van der Waals surface area contributed by atoms with Gasteiger partial charge < -0.3 is 5.11 Å². The molecular formula is C25H22N4O3S. The summed E-state index contributed by atoms with van der Waals surface area (Å²) in [6.07, 6.45) is 1.42. The number of phenolic OH excluding ortho intramolecular Hbond substituents is 1. The van der Waals surface area contributed by atoms with E-state index >= 15 is 0 Å². The van der Waals surface area contributed by atoms with E-state index in [9.17, 15) is 14.7 Å². The first-order valence-electron chi connectivity index (χ1n) is 10.2. The predicted octanol–water partition coefficient (Wildman–Crippen LogP) is 4.07. The van der Waals surface area contributed by atoms with Crippen LogP contribution in [0.25, 0.3) is 21.7 Å². The highest BCUT2D eigenvalue weighted by Gasteiger charge is 2.13. The number of hydrogen-bond acceptors (Lipinski definition) is 6. The van der Waals surface area contributed by atoms with E-state index in [1.54, 1.807) is 24.3 Å². The summed E-state index contributed by atoms with van der Waals surface area (Å²) in [7, 11) is 0. The van der Waals surface area contributed by atoms with Crippen LogP contribution in [0.15, 0.2) is 87.9 Å². The molecule has 166 valence electrons. The number of aromatic nitrogens is 2. The first-order valence-corrected chi connectivity index (χ1v) is 11.2. The molecule has 1 amide bonds. The van der Waals surface area contributed by atoms with Crippen LogP contribution in [0.2, 0.25) is 0 Å². The van der Waals surface area contributed by atoms with Crippen LogP contribution >= 0.6 is 11.8 Å². The number of hydrogen-bond donors (Lipinski definition) is 2. The van der Waals surface area contributed by atoms with E-state index in [2.05, 4.69) is 22.1 Å². The van der Waals surface area contributed by atoms with Crippen molar-refractivity contribution in [3.05, 3.63) is 88.7 Å². The Kier molecular flexibility index (Phi) is 6.55. The number of thioether (sulfide) groups is 1. The number of nitrogens with one attached hydrogen (secondary N) is 1. The maximum Gasteiger partial charge on any atom is 0.262 e. The minimum atomic E-state index is -0.361. The quantitative estimate of drug-likeness (QED) is 0.143. The molecule has 0 aliphatic heterocycles. The molecule has 33 heavy (non-hydrogen) atoms. The summed E-state index contributed by atoms with van der Waals surface area (Å²) in [5.74, 6) is -0.273. The third-order valence-corrected chi connectivity index (χ3v) is 5.89. The van der Waals surface area contributed by atoms with Crippen LogP contribution in [0.4, 0.5) is 0 Å². The molecule has 2 N–H and O–H groups in total. The zero-order valence-corrected chi connectivity index (χ0v) is 18.8. The molecule has 8 heteroatoms. The second-order valence-corrected chi connectivity index (χ2v) is 8.50. The summed E-state index contributed by atoms with van der Waals surface area (Å²) in [6, 6.07) is 18.1. The van der Waals surface area contributed by atoms with E-state index < -0.39 is 0 Å². The number of benzene rings is 3. The number of aromatic hydroxyl groups is 1. The number of carbonyl (C=O) groups is 1. The van der Waals surface area contributed by atoms with Crippen molar-refractivity contribution in [3.8, 4) is 5.75 Å². The van der Waals surface area contributed by atoms with Gasteiger partial charge in [0.15, 0.2) is 5.16 Å². The molecule has 0 aliphatic carbocycles. The third-order valence-electron chi connectivity index (χ3n) is 4.92. The molecule has 0 bridgehead atoms. The third kappa shape index (κ3) is 4.96.